The Morgan fingerprint density at radius 2 is 0.885 bits per heavy atom. The van der Waals surface area contributed by atoms with Crippen molar-refractivity contribution in [3.63, 3.8) is 0 Å². The van der Waals surface area contributed by atoms with Gasteiger partial charge in [-0.15, -0.1) is 24.8 Å². The standard InChI is InChI=1S/2C22H23O.C3H6.2ClH.Hf/c2*1-23-20-12-10-17(11-13-20)21-9-5-8-18-14-19(15-22(18)21)16-6-3-2-4-7-16;1-3-2;;;/h2*5,8-16H,2-4,6-7H2,1H3;1-3H2;2*1H;. The van der Waals surface area contributed by atoms with E-state index in [-0.39, 0.29) is 24.8 Å². The van der Waals surface area contributed by atoms with Crippen LogP contribution in [0.25, 0.3) is 34.4 Å². The van der Waals surface area contributed by atoms with E-state index in [0.29, 0.717) is 7.35 Å². The van der Waals surface area contributed by atoms with Crippen molar-refractivity contribution in [2.45, 2.75) is 86.3 Å². The number of hydrogen-bond acceptors (Lipinski definition) is 2. The molecule has 2 unspecified atom stereocenters. The quantitative estimate of drug-likeness (QED) is 0.164. The van der Waals surface area contributed by atoms with Crippen LogP contribution < -0.4 is 9.47 Å². The molecule has 2 atom stereocenters. The Morgan fingerprint density at radius 3 is 1.23 bits per heavy atom. The summed E-state index contributed by atoms with van der Waals surface area (Å²) in [7, 11) is 3.53. The van der Waals surface area contributed by atoms with E-state index < -0.39 is 20.0 Å². The minimum absolute atomic E-state index is 0. The van der Waals surface area contributed by atoms with Crippen LogP contribution in [0.15, 0.2) is 96.1 Å². The zero-order valence-corrected chi connectivity index (χ0v) is 36.1. The zero-order chi connectivity index (χ0) is 33.7. The maximum absolute atomic E-state index is 5.56. The number of rotatable bonds is 8. The maximum atomic E-state index is 5.56. The molecule has 1 saturated heterocycles. The molecule has 0 spiro atoms. The fraction of sp³-hybridized carbons (Fsp3) is 0.404. The van der Waals surface area contributed by atoms with Crippen molar-refractivity contribution in [1.29, 1.82) is 0 Å². The molecule has 1 heterocycles. The van der Waals surface area contributed by atoms with Crippen molar-refractivity contribution in [2.24, 2.45) is 11.8 Å². The summed E-state index contributed by atoms with van der Waals surface area (Å²) in [4.78, 5) is 0. The van der Waals surface area contributed by atoms with E-state index in [1.165, 1.54) is 101 Å². The largest absolute Gasteiger partial charge is 0.147 e. The van der Waals surface area contributed by atoms with Gasteiger partial charge in [-0.1, -0.05) is 0 Å². The van der Waals surface area contributed by atoms with Crippen molar-refractivity contribution in [3.8, 4) is 33.8 Å². The van der Waals surface area contributed by atoms with Gasteiger partial charge in [-0.2, -0.15) is 0 Å². The Morgan fingerprint density at radius 1 is 0.481 bits per heavy atom. The predicted octanol–water partition coefficient (Wildman–Crippen LogP) is 14.0. The number of allylic oxidation sites excluding steroid dienone is 2. The number of halogens is 2. The molecule has 4 aromatic carbocycles. The Bertz CT molecular complexity index is 1790. The van der Waals surface area contributed by atoms with Crippen molar-refractivity contribution < 1.29 is 29.4 Å². The predicted molar refractivity (Wildman–Crippen MR) is 220 cm³/mol. The minimum Gasteiger partial charge on any atom is -0.147 e. The monoisotopic (exact) mass is 900 g/mol. The van der Waals surface area contributed by atoms with Gasteiger partial charge in [-0.3, -0.25) is 0 Å². The topological polar surface area (TPSA) is 18.5 Å². The molecule has 5 aliphatic rings. The van der Waals surface area contributed by atoms with Gasteiger partial charge in [0.2, 0.25) is 0 Å². The van der Waals surface area contributed by atoms with Crippen LogP contribution >= 0.6 is 24.8 Å². The van der Waals surface area contributed by atoms with Gasteiger partial charge < -0.3 is 0 Å². The van der Waals surface area contributed by atoms with E-state index in [2.05, 4.69) is 97.1 Å². The first kappa shape index (κ1) is 37.7. The van der Waals surface area contributed by atoms with E-state index in [4.69, 9.17) is 9.47 Å². The van der Waals surface area contributed by atoms with Crippen molar-refractivity contribution in [1.82, 2.24) is 0 Å². The fourth-order valence-corrected chi connectivity index (χ4v) is 34.0. The second-order valence-electron chi connectivity index (χ2n) is 16.0. The van der Waals surface area contributed by atoms with Crippen LogP contribution in [0.3, 0.4) is 0 Å². The molecule has 0 amide bonds. The second-order valence-corrected chi connectivity index (χ2v) is 32.6. The summed E-state index contributed by atoms with van der Waals surface area (Å²) >= 11 is -3.21. The third-order valence-electron chi connectivity index (χ3n) is 13.6. The van der Waals surface area contributed by atoms with E-state index in [1.807, 2.05) is 11.1 Å². The number of hydrogen-bond donors (Lipinski definition) is 0. The summed E-state index contributed by atoms with van der Waals surface area (Å²) in [6, 6.07) is 32.4. The molecule has 0 N–H and O–H groups in total. The SMILES string of the molecule is COc1ccc(-c2cccc3c2C=C(C2CCCCC2)[CH]3[Hf]2([CH]3C(C4CCCCC4)=Cc4c(-c5ccc(OC)cc5)cccc43)[CH2]C[CH2]2)cc1.Cl.Cl. The third-order valence-corrected chi connectivity index (χ3v) is 35.7. The molecule has 3 fully saturated rings. The molecule has 272 valence electrons. The molecule has 0 bridgehead atoms. The molecule has 2 saturated carbocycles. The van der Waals surface area contributed by atoms with Gasteiger partial charge in [0, 0.05) is 0 Å². The van der Waals surface area contributed by atoms with Crippen LogP contribution in [0, 0.1) is 11.8 Å². The van der Waals surface area contributed by atoms with E-state index in [0.717, 1.165) is 23.3 Å². The van der Waals surface area contributed by atoms with Crippen LogP contribution in [-0.2, 0) is 20.0 Å². The van der Waals surface area contributed by atoms with E-state index in [9.17, 15) is 0 Å². The fourth-order valence-electron chi connectivity index (χ4n) is 11.1. The summed E-state index contributed by atoms with van der Waals surface area (Å²) in [5.74, 6) is 3.35. The first-order valence-corrected chi connectivity index (χ1v) is 28.9. The van der Waals surface area contributed by atoms with Gasteiger partial charge in [0.1, 0.15) is 0 Å². The van der Waals surface area contributed by atoms with Gasteiger partial charge in [0.25, 0.3) is 0 Å². The van der Waals surface area contributed by atoms with Gasteiger partial charge in [-0.05, 0) is 0 Å². The summed E-state index contributed by atoms with van der Waals surface area (Å²) < 4.78 is 15.6. The molecule has 0 aromatic heterocycles. The Labute approximate surface area is 328 Å². The van der Waals surface area contributed by atoms with Crippen LogP contribution in [0.1, 0.15) is 100 Å². The van der Waals surface area contributed by atoms with Crippen molar-refractivity contribution in [3.05, 3.63) is 118 Å². The molecule has 4 aromatic rings. The molecule has 4 aliphatic carbocycles. The average Bonchev–Trinajstić information content (AvgIpc) is 3.76. The summed E-state index contributed by atoms with van der Waals surface area (Å²) in [5.41, 5.74) is 15.7. The summed E-state index contributed by atoms with van der Waals surface area (Å²) in [5, 5.41) is 0. The van der Waals surface area contributed by atoms with Gasteiger partial charge in [0.15, 0.2) is 0 Å². The first-order valence-electron chi connectivity index (χ1n) is 19.7. The number of benzene rings is 4. The van der Waals surface area contributed by atoms with Gasteiger partial charge >= 0.3 is 306 Å². The first-order chi connectivity index (χ1) is 24.7. The summed E-state index contributed by atoms with van der Waals surface area (Å²) in [6.07, 6.45) is 20.9. The molecular formula is C47H54Cl2HfO2. The third kappa shape index (κ3) is 6.49. The van der Waals surface area contributed by atoms with Crippen LogP contribution in [-0.4, -0.2) is 14.2 Å². The second kappa shape index (κ2) is 16.0. The van der Waals surface area contributed by atoms with Crippen LogP contribution in [0.5, 0.6) is 11.5 Å². The Balaban J connectivity index is 0.00000210. The van der Waals surface area contributed by atoms with Crippen molar-refractivity contribution in [2.75, 3.05) is 14.2 Å². The molecule has 0 radical (unpaired) electrons. The van der Waals surface area contributed by atoms with E-state index >= 15 is 0 Å². The summed E-state index contributed by atoms with van der Waals surface area (Å²) in [6.45, 7) is 0. The normalized spacial score (nSPS) is 22.1. The minimum atomic E-state index is -3.21. The van der Waals surface area contributed by atoms with E-state index in [1.54, 1.807) is 36.5 Å². The van der Waals surface area contributed by atoms with Crippen LogP contribution in [0.2, 0.25) is 8.35 Å². The average molecular weight is 900 g/mol. The number of ether oxygens (including phenoxy) is 2. The van der Waals surface area contributed by atoms with Crippen LogP contribution in [0.4, 0.5) is 0 Å². The molecule has 1 aliphatic heterocycles. The Hall–Kier alpha value is -2.59. The number of methoxy groups -OCH3 is 2. The number of fused-ring (bicyclic) bond motifs is 2. The van der Waals surface area contributed by atoms with Gasteiger partial charge in [0.05, 0.1) is 0 Å². The smallest absolute Gasteiger partial charge is 0.147 e. The molecule has 9 rings (SSSR count). The molecule has 52 heavy (non-hydrogen) atoms. The van der Waals surface area contributed by atoms with Crippen molar-refractivity contribution >= 4 is 37.0 Å². The van der Waals surface area contributed by atoms with Gasteiger partial charge in [-0.25, -0.2) is 0 Å². The Kier molecular flexibility index (Phi) is 11.6. The molecule has 2 nitrogen and oxygen atoms in total. The molecule has 5 heteroatoms. The molecular weight excluding hydrogens is 846 g/mol. The zero-order valence-electron chi connectivity index (χ0n) is 30.9. The maximum Gasteiger partial charge on any atom is -0.147 e.